The average molecular weight is 241 g/mol. The Balaban J connectivity index is 2.57. The highest BCUT2D eigenvalue weighted by Crippen LogP contribution is 2.27. The second-order valence-corrected chi connectivity index (χ2v) is 4.07. The maximum absolute atomic E-state index is 5.81. The Hall–Kier alpha value is -1.13. The lowest BCUT2D eigenvalue weighted by molar-refractivity contribution is 0.298. The van der Waals surface area contributed by atoms with Crippen molar-refractivity contribution >= 4 is 38.9 Å². The minimum Gasteiger partial charge on any atom is -0.492 e. The number of nitrogens with zero attached hydrogens (tertiary/aromatic N) is 2. The summed E-state index contributed by atoms with van der Waals surface area (Å²) in [5.74, 6) is 0.533. The molecule has 0 spiro atoms. The molecular formula is C10H9ClN2OS. The van der Waals surface area contributed by atoms with Gasteiger partial charge in [0, 0.05) is 5.39 Å². The SMILES string of the molecule is C=C(OCC)c1nc(Cl)nc2sccc12. The van der Waals surface area contributed by atoms with Crippen LogP contribution in [0.2, 0.25) is 5.28 Å². The monoisotopic (exact) mass is 240 g/mol. The molecule has 0 atom stereocenters. The maximum Gasteiger partial charge on any atom is 0.224 e. The summed E-state index contributed by atoms with van der Waals surface area (Å²) in [4.78, 5) is 9.10. The van der Waals surface area contributed by atoms with Crippen LogP contribution in [-0.4, -0.2) is 16.6 Å². The molecule has 0 fully saturated rings. The molecule has 78 valence electrons. The standard InChI is InChI=1S/C10H9ClN2OS/c1-3-14-6(2)8-7-4-5-15-9(7)13-10(11)12-8/h4-5H,2-3H2,1H3. The zero-order valence-electron chi connectivity index (χ0n) is 8.16. The summed E-state index contributed by atoms with van der Waals surface area (Å²) < 4.78 is 5.32. The third-order valence-electron chi connectivity index (χ3n) is 1.88. The van der Waals surface area contributed by atoms with Crippen molar-refractivity contribution < 1.29 is 4.74 Å². The van der Waals surface area contributed by atoms with Crippen LogP contribution in [-0.2, 0) is 4.74 Å². The Labute approximate surface area is 96.4 Å². The molecule has 0 saturated heterocycles. The van der Waals surface area contributed by atoms with Crippen LogP contribution in [0.5, 0.6) is 0 Å². The Morgan fingerprint density at radius 1 is 1.60 bits per heavy atom. The smallest absolute Gasteiger partial charge is 0.224 e. The summed E-state index contributed by atoms with van der Waals surface area (Å²) in [5.41, 5.74) is 0.674. The third-order valence-corrected chi connectivity index (χ3v) is 2.86. The van der Waals surface area contributed by atoms with E-state index in [1.807, 2.05) is 18.4 Å². The second-order valence-electron chi connectivity index (χ2n) is 2.84. The topological polar surface area (TPSA) is 35.0 Å². The van der Waals surface area contributed by atoms with Gasteiger partial charge in [-0.25, -0.2) is 9.97 Å². The quantitative estimate of drug-likeness (QED) is 0.610. The highest BCUT2D eigenvalue weighted by Gasteiger charge is 2.11. The van der Waals surface area contributed by atoms with Crippen LogP contribution in [0.25, 0.3) is 16.0 Å². The molecule has 0 bridgehead atoms. The lowest BCUT2D eigenvalue weighted by Gasteiger charge is -2.06. The molecule has 0 unspecified atom stereocenters. The van der Waals surface area contributed by atoms with E-state index < -0.39 is 0 Å². The molecule has 2 aromatic heterocycles. The minimum atomic E-state index is 0.223. The molecule has 0 aromatic carbocycles. The van der Waals surface area contributed by atoms with Gasteiger partial charge in [0.2, 0.25) is 5.28 Å². The van der Waals surface area contributed by atoms with Crippen molar-refractivity contribution in [2.24, 2.45) is 0 Å². The van der Waals surface area contributed by atoms with Crippen molar-refractivity contribution in [1.82, 2.24) is 9.97 Å². The Morgan fingerprint density at radius 2 is 2.40 bits per heavy atom. The van der Waals surface area contributed by atoms with Crippen molar-refractivity contribution in [3.63, 3.8) is 0 Å². The summed E-state index contributed by atoms with van der Waals surface area (Å²) in [5, 5.41) is 3.10. The number of fused-ring (bicyclic) bond motifs is 1. The zero-order chi connectivity index (χ0) is 10.8. The van der Waals surface area contributed by atoms with Crippen LogP contribution < -0.4 is 0 Å². The molecule has 0 saturated carbocycles. The first-order valence-corrected chi connectivity index (χ1v) is 5.71. The van der Waals surface area contributed by atoms with Crippen LogP contribution in [0.3, 0.4) is 0 Å². The van der Waals surface area contributed by atoms with Crippen LogP contribution in [0.1, 0.15) is 12.6 Å². The molecule has 0 aliphatic rings. The first kappa shape index (κ1) is 10.4. The van der Waals surface area contributed by atoms with Crippen LogP contribution in [0, 0.1) is 0 Å². The van der Waals surface area contributed by atoms with E-state index in [1.165, 1.54) is 11.3 Å². The van der Waals surface area contributed by atoms with Crippen molar-refractivity contribution in [3.05, 3.63) is 29.0 Å². The van der Waals surface area contributed by atoms with Gasteiger partial charge in [0.15, 0.2) is 0 Å². The predicted molar refractivity (Wildman–Crippen MR) is 63.1 cm³/mol. The molecular weight excluding hydrogens is 232 g/mol. The summed E-state index contributed by atoms with van der Waals surface area (Å²) >= 11 is 7.33. The maximum atomic E-state index is 5.81. The van der Waals surface area contributed by atoms with E-state index in [9.17, 15) is 0 Å². The summed E-state index contributed by atoms with van der Waals surface area (Å²) in [6.07, 6.45) is 0. The highest BCUT2D eigenvalue weighted by atomic mass is 35.5. The third kappa shape index (κ3) is 1.96. The molecule has 0 N–H and O–H groups in total. The van der Waals surface area contributed by atoms with E-state index in [4.69, 9.17) is 16.3 Å². The number of aromatic nitrogens is 2. The Kier molecular flexibility index (Phi) is 2.88. The van der Waals surface area contributed by atoms with Gasteiger partial charge < -0.3 is 4.74 Å². The summed E-state index contributed by atoms with van der Waals surface area (Å²) in [6.45, 7) is 6.28. The molecule has 2 rings (SSSR count). The molecule has 0 amide bonds. The normalized spacial score (nSPS) is 10.5. The van der Waals surface area contributed by atoms with Crippen molar-refractivity contribution in [1.29, 1.82) is 0 Å². The highest BCUT2D eigenvalue weighted by molar-refractivity contribution is 7.16. The first-order chi connectivity index (χ1) is 7.22. The molecule has 2 aromatic rings. The van der Waals surface area contributed by atoms with Crippen LogP contribution >= 0.6 is 22.9 Å². The van der Waals surface area contributed by atoms with Crippen molar-refractivity contribution in [2.75, 3.05) is 6.61 Å². The number of ether oxygens (including phenoxy) is 1. The van der Waals surface area contributed by atoms with E-state index in [0.717, 1.165) is 10.2 Å². The zero-order valence-corrected chi connectivity index (χ0v) is 9.73. The average Bonchev–Trinajstić information content (AvgIpc) is 2.64. The van der Waals surface area contributed by atoms with Gasteiger partial charge in [-0.15, -0.1) is 11.3 Å². The minimum absolute atomic E-state index is 0.223. The van der Waals surface area contributed by atoms with Crippen LogP contribution in [0.4, 0.5) is 0 Å². The predicted octanol–water partition coefficient (Wildman–Crippen LogP) is 3.35. The van der Waals surface area contributed by atoms with Gasteiger partial charge in [0.05, 0.1) is 6.61 Å². The molecule has 0 aliphatic heterocycles. The number of rotatable bonds is 3. The van der Waals surface area contributed by atoms with Gasteiger partial charge in [0.1, 0.15) is 16.3 Å². The molecule has 0 radical (unpaired) electrons. The van der Waals surface area contributed by atoms with E-state index in [0.29, 0.717) is 18.1 Å². The number of thiophene rings is 1. The largest absolute Gasteiger partial charge is 0.492 e. The van der Waals surface area contributed by atoms with Gasteiger partial charge in [-0.2, -0.15) is 0 Å². The lowest BCUT2D eigenvalue weighted by atomic mass is 10.2. The fourth-order valence-electron chi connectivity index (χ4n) is 1.28. The lowest BCUT2D eigenvalue weighted by Crippen LogP contribution is -1.95. The van der Waals surface area contributed by atoms with Crippen molar-refractivity contribution in [3.8, 4) is 0 Å². The van der Waals surface area contributed by atoms with Gasteiger partial charge >= 0.3 is 0 Å². The van der Waals surface area contributed by atoms with Crippen LogP contribution in [0.15, 0.2) is 18.0 Å². The van der Waals surface area contributed by atoms with E-state index in [1.54, 1.807) is 0 Å². The molecule has 5 heteroatoms. The molecule has 0 aliphatic carbocycles. The number of halogens is 1. The van der Waals surface area contributed by atoms with Gasteiger partial charge in [0.25, 0.3) is 0 Å². The Morgan fingerprint density at radius 3 is 3.13 bits per heavy atom. The van der Waals surface area contributed by atoms with E-state index >= 15 is 0 Å². The van der Waals surface area contributed by atoms with Gasteiger partial charge in [-0.05, 0) is 30.0 Å². The first-order valence-electron chi connectivity index (χ1n) is 4.45. The molecule has 15 heavy (non-hydrogen) atoms. The van der Waals surface area contributed by atoms with Gasteiger partial charge in [-0.3, -0.25) is 0 Å². The summed E-state index contributed by atoms with van der Waals surface area (Å²) in [7, 11) is 0. The number of hydrogen-bond acceptors (Lipinski definition) is 4. The van der Waals surface area contributed by atoms with Gasteiger partial charge in [-0.1, -0.05) is 6.58 Å². The molecule has 3 nitrogen and oxygen atoms in total. The second kappa shape index (κ2) is 4.16. The van der Waals surface area contributed by atoms with E-state index in [-0.39, 0.29) is 5.28 Å². The fraction of sp³-hybridized carbons (Fsp3) is 0.200. The Bertz CT molecular complexity index is 509. The van der Waals surface area contributed by atoms with Crippen molar-refractivity contribution in [2.45, 2.75) is 6.92 Å². The number of hydrogen-bond donors (Lipinski definition) is 0. The fourth-order valence-corrected chi connectivity index (χ4v) is 2.27. The summed E-state index contributed by atoms with van der Waals surface area (Å²) in [6, 6.07) is 1.94. The van der Waals surface area contributed by atoms with E-state index in [2.05, 4.69) is 16.5 Å². The molecule has 2 heterocycles.